The molecule has 1 unspecified atom stereocenters. The van der Waals surface area contributed by atoms with Crippen LogP contribution >= 0.6 is 0 Å². The summed E-state index contributed by atoms with van der Waals surface area (Å²) in [5.41, 5.74) is -1.39. The molecule has 0 aromatic rings. The van der Waals surface area contributed by atoms with Crippen LogP contribution in [0.2, 0.25) is 0 Å². The molecule has 1 amide bonds. The lowest BCUT2D eigenvalue weighted by atomic mass is 10.2. The van der Waals surface area contributed by atoms with Crippen molar-refractivity contribution >= 4 is 11.9 Å². The predicted octanol–water partition coefficient (Wildman–Crippen LogP) is 0.0482. The van der Waals surface area contributed by atoms with E-state index in [-0.39, 0.29) is 12.5 Å². The van der Waals surface area contributed by atoms with E-state index in [9.17, 15) is 9.59 Å². The minimum absolute atomic E-state index is 0.247. The van der Waals surface area contributed by atoms with Crippen LogP contribution in [-0.2, 0) is 19.1 Å². The van der Waals surface area contributed by atoms with Crippen LogP contribution in [0.1, 0.15) is 20.8 Å². The molecule has 0 bridgehead atoms. The monoisotopic (exact) mass is 189 g/mol. The van der Waals surface area contributed by atoms with Crippen LogP contribution in [-0.4, -0.2) is 31.3 Å². The van der Waals surface area contributed by atoms with Gasteiger partial charge in [0.05, 0.1) is 6.61 Å². The Morgan fingerprint density at radius 3 is 2.31 bits per heavy atom. The fourth-order valence-electron chi connectivity index (χ4n) is 0.790. The SMILES string of the molecule is CCOC(=O)C(C)(NC(C)=O)OC. The van der Waals surface area contributed by atoms with Gasteiger partial charge in [0.25, 0.3) is 0 Å². The van der Waals surface area contributed by atoms with Gasteiger partial charge in [-0.1, -0.05) is 0 Å². The lowest BCUT2D eigenvalue weighted by Crippen LogP contribution is -2.53. The maximum atomic E-state index is 11.3. The van der Waals surface area contributed by atoms with Crippen LogP contribution < -0.4 is 5.32 Å². The maximum Gasteiger partial charge on any atom is 0.359 e. The van der Waals surface area contributed by atoms with Gasteiger partial charge in [-0.05, 0) is 13.8 Å². The Morgan fingerprint density at radius 1 is 1.46 bits per heavy atom. The predicted molar refractivity (Wildman–Crippen MR) is 45.9 cm³/mol. The molecular weight excluding hydrogens is 174 g/mol. The van der Waals surface area contributed by atoms with Crippen molar-refractivity contribution in [2.45, 2.75) is 26.5 Å². The van der Waals surface area contributed by atoms with Gasteiger partial charge >= 0.3 is 5.97 Å². The number of amides is 1. The summed E-state index contributed by atoms with van der Waals surface area (Å²) < 4.78 is 9.58. The number of methoxy groups -OCH3 is 1. The number of hydrogen-bond donors (Lipinski definition) is 1. The Labute approximate surface area is 77.4 Å². The van der Waals surface area contributed by atoms with Crippen molar-refractivity contribution in [3.8, 4) is 0 Å². The van der Waals surface area contributed by atoms with Gasteiger partial charge in [0, 0.05) is 14.0 Å². The van der Waals surface area contributed by atoms with Crippen LogP contribution in [0.5, 0.6) is 0 Å². The summed E-state index contributed by atoms with van der Waals surface area (Å²) >= 11 is 0. The Bertz CT molecular complexity index is 204. The van der Waals surface area contributed by atoms with Crippen LogP contribution in [0.15, 0.2) is 0 Å². The average Bonchev–Trinajstić information content (AvgIpc) is 2.03. The molecule has 76 valence electrons. The third-order valence-electron chi connectivity index (χ3n) is 1.49. The van der Waals surface area contributed by atoms with Crippen molar-refractivity contribution < 1.29 is 19.1 Å². The summed E-state index contributed by atoms with van der Waals surface area (Å²) in [6.07, 6.45) is 0. The van der Waals surface area contributed by atoms with E-state index >= 15 is 0 Å². The van der Waals surface area contributed by atoms with E-state index in [4.69, 9.17) is 9.47 Å². The second kappa shape index (κ2) is 4.81. The minimum atomic E-state index is -1.39. The molecule has 0 aromatic carbocycles. The van der Waals surface area contributed by atoms with Crippen LogP contribution in [0, 0.1) is 0 Å². The summed E-state index contributed by atoms with van der Waals surface area (Å²) in [6.45, 7) is 4.67. The first-order valence-electron chi connectivity index (χ1n) is 3.97. The molecule has 0 aliphatic carbocycles. The third kappa shape index (κ3) is 3.42. The normalized spacial score (nSPS) is 14.5. The first-order valence-corrected chi connectivity index (χ1v) is 3.97. The van der Waals surface area contributed by atoms with Crippen molar-refractivity contribution in [1.82, 2.24) is 5.32 Å². The molecule has 0 aliphatic heterocycles. The number of carbonyl (C=O) groups is 2. The lowest BCUT2D eigenvalue weighted by Gasteiger charge is -2.25. The van der Waals surface area contributed by atoms with E-state index in [1.807, 2.05) is 0 Å². The topological polar surface area (TPSA) is 64.6 Å². The van der Waals surface area contributed by atoms with Crippen LogP contribution in [0.4, 0.5) is 0 Å². The second-order valence-corrected chi connectivity index (χ2v) is 2.64. The Balaban J connectivity index is 4.42. The summed E-state index contributed by atoms with van der Waals surface area (Å²) in [6, 6.07) is 0. The third-order valence-corrected chi connectivity index (χ3v) is 1.49. The quantitative estimate of drug-likeness (QED) is 0.501. The zero-order valence-electron chi connectivity index (χ0n) is 8.34. The van der Waals surface area contributed by atoms with Crippen molar-refractivity contribution in [1.29, 1.82) is 0 Å². The van der Waals surface area contributed by atoms with E-state index in [2.05, 4.69) is 5.32 Å². The van der Waals surface area contributed by atoms with Gasteiger partial charge < -0.3 is 14.8 Å². The van der Waals surface area contributed by atoms with Crippen molar-refractivity contribution in [2.75, 3.05) is 13.7 Å². The molecule has 0 fully saturated rings. The van der Waals surface area contributed by atoms with Crippen molar-refractivity contribution in [2.24, 2.45) is 0 Å². The summed E-state index contributed by atoms with van der Waals surface area (Å²) in [7, 11) is 1.33. The zero-order chi connectivity index (χ0) is 10.5. The van der Waals surface area contributed by atoms with Gasteiger partial charge in [0.15, 0.2) is 0 Å². The van der Waals surface area contributed by atoms with Gasteiger partial charge in [0.2, 0.25) is 11.6 Å². The molecule has 0 aliphatic rings. The Morgan fingerprint density at radius 2 is 2.00 bits per heavy atom. The van der Waals surface area contributed by atoms with E-state index in [0.29, 0.717) is 0 Å². The highest BCUT2D eigenvalue weighted by atomic mass is 16.6. The molecule has 5 heteroatoms. The molecule has 0 saturated heterocycles. The first kappa shape index (κ1) is 11.9. The molecule has 1 N–H and O–H groups in total. The average molecular weight is 189 g/mol. The lowest BCUT2D eigenvalue weighted by molar-refractivity contribution is -0.172. The van der Waals surface area contributed by atoms with E-state index < -0.39 is 11.7 Å². The molecule has 0 aromatic heterocycles. The molecule has 0 saturated carbocycles. The molecule has 0 heterocycles. The fraction of sp³-hybridized carbons (Fsp3) is 0.750. The van der Waals surface area contributed by atoms with E-state index in [1.54, 1.807) is 6.92 Å². The van der Waals surface area contributed by atoms with Gasteiger partial charge in [-0.25, -0.2) is 4.79 Å². The summed E-state index contributed by atoms with van der Waals surface area (Å²) in [5.74, 6) is -0.954. The number of esters is 1. The minimum Gasteiger partial charge on any atom is -0.462 e. The number of carbonyl (C=O) groups excluding carboxylic acids is 2. The summed E-state index contributed by atoms with van der Waals surface area (Å²) in [5, 5.41) is 2.35. The first-order chi connectivity index (χ1) is 5.96. The number of nitrogens with one attached hydrogen (secondary N) is 1. The number of hydrogen-bond acceptors (Lipinski definition) is 4. The van der Waals surface area contributed by atoms with Crippen LogP contribution in [0.3, 0.4) is 0 Å². The molecule has 0 rings (SSSR count). The molecule has 1 atom stereocenters. The van der Waals surface area contributed by atoms with Crippen molar-refractivity contribution in [3.05, 3.63) is 0 Å². The molecule has 5 nitrogen and oxygen atoms in total. The Kier molecular flexibility index (Phi) is 4.40. The molecule has 0 spiro atoms. The number of ether oxygens (including phenoxy) is 2. The zero-order valence-corrected chi connectivity index (χ0v) is 8.34. The Hall–Kier alpha value is -1.10. The highest BCUT2D eigenvalue weighted by Gasteiger charge is 2.35. The summed E-state index contributed by atoms with van der Waals surface area (Å²) in [4.78, 5) is 22.0. The molecular formula is C8H15NO4. The molecule has 0 radical (unpaired) electrons. The maximum absolute atomic E-state index is 11.3. The van der Waals surface area contributed by atoms with E-state index in [1.165, 1.54) is 21.0 Å². The van der Waals surface area contributed by atoms with Gasteiger partial charge in [0.1, 0.15) is 0 Å². The van der Waals surface area contributed by atoms with Gasteiger partial charge in [-0.3, -0.25) is 4.79 Å². The standard InChI is InChI=1S/C8H15NO4/c1-5-13-7(11)8(3,12-4)9-6(2)10/h5H2,1-4H3,(H,9,10). The fourth-order valence-corrected chi connectivity index (χ4v) is 0.790. The highest BCUT2D eigenvalue weighted by molar-refractivity contribution is 5.85. The second-order valence-electron chi connectivity index (χ2n) is 2.64. The smallest absolute Gasteiger partial charge is 0.359 e. The van der Waals surface area contributed by atoms with Gasteiger partial charge in [-0.15, -0.1) is 0 Å². The van der Waals surface area contributed by atoms with Gasteiger partial charge in [-0.2, -0.15) is 0 Å². The largest absolute Gasteiger partial charge is 0.462 e. The molecule has 13 heavy (non-hydrogen) atoms. The number of rotatable bonds is 4. The van der Waals surface area contributed by atoms with Crippen molar-refractivity contribution in [3.63, 3.8) is 0 Å². The van der Waals surface area contributed by atoms with Crippen LogP contribution in [0.25, 0.3) is 0 Å². The highest BCUT2D eigenvalue weighted by Crippen LogP contribution is 2.07. The van der Waals surface area contributed by atoms with E-state index in [0.717, 1.165) is 0 Å².